The molecule has 0 unspecified atom stereocenters. The van der Waals surface area contributed by atoms with Crippen molar-refractivity contribution in [2.75, 3.05) is 13.2 Å². The molecule has 0 aliphatic carbocycles. The fourth-order valence-corrected chi connectivity index (χ4v) is 2.02. The van der Waals surface area contributed by atoms with E-state index in [0.717, 1.165) is 0 Å². The van der Waals surface area contributed by atoms with Crippen LogP contribution < -0.4 is 0 Å². The number of carbonyl (C=O) groups excluding carboxylic acids is 3. The number of ether oxygens (including phenoxy) is 2. The maximum Gasteiger partial charge on any atom is 0.328 e. The monoisotopic (exact) mass is 270 g/mol. The molecular weight excluding hydrogens is 256 g/mol. The zero-order chi connectivity index (χ0) is 13.5. The average Bonchev–Trinajstić information content (AvgIpc) is 2.83. The predicted octanol–water partition coefficient (Wildman–Crippen LogP) is 1.67. The predicted molar refractivity (Wildman–Crippen MR) is 65.4 cm³/mol. The molecule has 0 aliphatic heterocycles. The molecule has 0 fully saturated rings. The van der Waals surface area contributed by atoms with E-state index in [9.17, 15) is 14.4 Å². The first-order valence-corrected chi connectivity index (χ1v) is 6.40. The molecule has 0 aliphatic rings. The molecule has 0 spiro atoms. The minimum atomic E-state index is -1.52. The molecule has 5 nitrogen and oxygen atoms in total. The molecule has 98 valence electrons. The van der Waals surface area contributed by atoms with Gasteiger partial charge in [-0.1, -0.05) is 6.07 Å². The van der Waals surface area contributed by atoms with E-state index in [2.05, 4.69) is 0 Å². The number of ketones is 1. The van der Waals surface area contributed by atoms with Crippen LogP contribution >= 0.6 is 11.3 Å². The lowest BCUT2D eigenvalue weighted by Gasteiger charge is -2.12. The molecule has 1 aromatic heterocycles. The van der Waals surface area contributed by atoms with Gasteiger partial charge < -0.3 is 9.47 Å². The van der Waals surface area contributed by atoms with E-state index in [4.69, 9.17) is 9.47 Å². The Morgan fingerprint density at radius 2 is 1.72 bits per heavy atom. The van der Waals surface area contributed by atoms with Crippen molar-refractivity contribution in [3.8, 4) is 0 Å². The maximum atomic E-state index is 12.0. The highest BCUT2D eigenvalue weighted by Gasteiger charge is 2.37. The van der Waals surface area contributed by atoms with Crippen molar-refractivity contribution >= 4 is 29.1 Å². The number of hydrogen-bond donors (Lipinski definition) is 0. The Hall–Kier alpha value is -1.69. The lowest BCUT2D eigenvalue weighted by molar-refractivity contribution is -0.158. The normalized spacial score (nSPS) is 10.2. The summed E-state index contributed by atoms with van der Waals surface area (Å²) in [6.07, 6.45) is 0. The van der Waals surface area contributed by atoms with Gasteiger partial charge in [-0.25, -0.2) is 0 Å². The first kappa shape index (κ1) is 14.4. The van der Waals surface area contributed by atoms with Gasteiger partial charge in [-0.3, -0.25) is 14.4 Å². The van der Waals surface area contributed by atoms with E-state index in [1.807, 2.05) is 0 Å². The molecule has 0 radical (unpaired) electrons. The summed E-state index contributed by atoms with van der Waals surface area (Å²) in [7, 11) is 0. The van der Waals surface area contributed by atoms with Crippen molar-refractivity contribution < 1.29 is 23.9 Å². The number of esters is 2. The largest absolute Gasteiger partial charge is 0.465 e. The topological polar surface area (TPSA) is 69.7 Å². The second kappa shape index (κ2) is 6.90. The third-order valence-electron chi connectivity index (χ3n) is 2.07. The summed E-state index contributed by atoms with van der Waals surface area (Å²) < 4.78 is 9.47. The van der Waals surface area contributed by atoms with E-state index in [1.165, 1.54) is 11.3 Å². The van der Waals surface area contributed by atoms with Crippen molar-refractivity contribution in [3.05, 3.63) is 22.4 Å². The Balaban J connectivity index is 2.93. The van der Waals surface area contributed by atoms with Crippen LogP contribution in [0, 0.1) is 5.92 Å². The Kier molecular flexibility index (Phi) is 5.51. The lowest BCUT2D eigenvalue weighted by Crippen LogP contribution is -2.34. The van der Waals surface area contributed by atoms with Crippen LogP contribution in [0.15, 0.2) is 17.5 Å². The zero-order valence-corrected chi connectivity index (χ0v) is 11.0. The van der Waals surface area contributed by atoms with Gasteiger partial charge in [0, 0.05) is 0 Å². The summed E-state index contributed by atoms with van der Waals surface area (Å²) in [6.45, 7) is 3.42. The van der Waals surface area contributed by atoms with Crippen molar-refractivity contribution in [1.82, 2.24) is 0 Å². The van der Waals surface area contributed by atoms with Crippen LogP contribution in [0.25, 0.3) is 0 Å². The van der Waals surface area contributed by atoms with E-state index in [1.54, 1.807) is 31.4 Å². The van der Waals surface area contributed by atoms with Gasteiger partial charge in [-0.15, -0.1) is 11.3 Å². The van der Waals surface area contributed by atoms with Gasteiger partial charge in [0.25, 0.3) is 0 Å². The molecule has 0 bridgehead atoms. The second-order valence-electron chi connectivity index (χ2n) is 3.28. The van der Waals surface area contributed by atoms with Crippen molar-refractivity contribution in [2.45, 2.75) is 13.8 Å². The summed E-state index contributed by atoms with van der Waals surface area (Å²) in [5.41, 5.74) is 0. The van der Waals surface area contributed by atoms with Gasteiger partial charge >= 0.3 is 11.9 Å². The molecule has 0 aromatic carbocycles. The average molecular weight is 270 g/mol. The summed E-state index contributed by atoms with van der Waals surface area (Å²) in [5.74, 6) is -3.84. The zero-order valence-electron chi connectivity index (χ0n) is 10.2. The van der Waals surface area contributed by atoms with Crippen LogP contribution in [0.1, 0.15) is 23.5 Å². The van der Waals surface area contributed by atoms with E-state index in [0.29, 0.717) is 4.88 Å². The van der Waals surface area contributed by atoms with Gasteiger partial charge in [-0.05, 0) is 25.3 Å². The molecule has 1 aromatic rings. The molecule has 1 heterocycles. The highest BCUT2D eigenvalue weighted by molar-refractivity contribution is 7.12. The molecule has 1 rings (SSSR count). The maximum absolute atomic E-state index is 12.0. The minimum absolute atomic E-state index is 0.104. The summed E-state index contributed by atoms with van der Waals surface area (Å²) in [4.78, 5) is 35.7. The van der Waals surface area contributed by atoms with Crippen LogP contribution in [-0.4, -0.2) is 30.9 Å². The third-order valence-corrected chi connectivity index (χ3v) is 2.96. The first-order chi connectivity index (χ1) is 8.61. The van der Waals surface area contributed by atoms with E-state index >= 15 is 0 Å². The van der Waals surface area contributed by atoms with Gasteiger partial charge in [0.05, 0.1) is 18.1 Å². The van der Waals surface area contributed by atoms with E-state index in [-0.39, 0.29) is 13.2 Å². The van der Waals surface area contributed by atoms with Gasteiger partial charge in [-0.2, -0.15) is 0 Å². The summed E-state index contributed by atoms with van der Waals surface area (Å²) in [5, 5.41) is 1.70. The highest BCUT2D eigenvalue weighted by atomic mass is 32.1. The fourth-order valence-electron chi connectivity index (χ4n) is 1.32. The van der Waals surface area contributed by atoms with Crippen LogP contribution in [0.2, 0.25) is 0 Å². The number of thiophene rings is 1. The van der Waals surface area contributed by atoms with Gasteiger partial charge in [0.1, 0.15) is 0 Å². The van der Waals surface area contributed by atoms with Gasteiger partial charge in [0.2, 0.25) is 5.92 Å². The molecule has 0 amide bonds. The van der Waals surface area contributed by atoms with Gasteiger partial charge in [0.15, 0.2) is 5.78 Å². The van der Waals surface area contributed by atoms with Crippen LogP contribution in [0.3, 0.4) is 0 Å². The second-order valence-corrected chi connectivity index (χ2v) is 4.23. The number of carbonyl (C=O) groups is 3. The molecule has 0 N–H and O–H groups in total. The first-order valence-electron chi connectivity index (χ1n) is 5.52. The molecular formula is C12H14O5S. The smallest absolute Gasteiger partial charge is 0.328 e. The Labute approximate surface area is 109 Å². The molecule has 0 saturated heterocycles. The molecule has 18 heavy (non-hydrogen) atoms. The SMILES string of the molecule is CCOC(=O)C(C(=O)OCC)C(=O)c1cccs1. The van der Waals surface area contributed by atoms with Crippen LogP contribution in [0.4, 0.5) is 0 Å². The molecule has 0 saturated carbocycles. The Morgan fingerprint density at radius 3 is 2.11 bits per heavy atom. The van der Waals surface area contributed by atoms with Crippen LogP contribution in [-0.2, 0) is 19.1 Å². The fraction of sp³-hybridized carbons (Fsp3) is 0.417. The summed E-state index contributed by atoms with van der Waals surface area (Å²) >= 11 is 1.17. The Bertz CT molecular complexity index is 406. The number of Topliss-reactive ketones (excluding diaryl/α,β-unsaturated/α-hetero) is 1. The van der Waals surface area contributed by atoms with E-state index < -0.39 is 23.6 Å². The minimum Gasteiger partial charge on any atom is -0.465 e. The molecule has 0 atom stereocenters. The highest BCUT2D eigenvalue weighted by Crippen LogP contribution is 2.17. The molecule has 6 heteroatoms. The van der Waals surface area contributed by atoms with Crippen LogP contribution in [0.5, 0.6) is 0 Å². The Morgan fingerprint density at radius 1 is 1.17 bits per heavy atom. The standard InChI is InChI=1S/C12H14O5S/c1-3-16-11(14)9(12(15)17-4-2)10(13)8-6-5-7-18-8/h5-7,9H,3-4H2,1-2H3. The van der Waals surface area contributed by atoms with Crippen molar-refractivity contribution in [2.24, 2.45) is 5.92 Å². The number of rotatable bonds is 6. The lowest BCUT2D eigenvalue weighted by atomic mass is 10.0. The van der Waals surface area contributed by atoms with Crippen molar-refractivity contribution in [1.29, 1.82) is 0 Å². The van der Waals surface area contributed by atoms with Crippen molar-refractivity contribution in [3.63, 3.8) is 0 Å². The number of hydrogen-bond acceptors (Lipinski definition) is 6. The summed E-state index contributed by atoms with van der Waals surface area (Å²) in [6, 6.07) is 3.23. The quantitative estimate of drug-likeness (QED) is 0.447. The third kappa shape index (κ3) is 3.40.